The molecule has 2 atom stereocenters. The van der Waals surface area contributed by atoms with Crippen LogP contribution in [0.1, 0.15) is 27.2 Å². The van der Waals surface area contributed by atoms with Gasteiger partial charge in [-0.15, -0.1) is 0 Å². The molecule has 27 heavy (non-hydrogen) atoms. The van der Waals surface area contributed by atoms with Crippen molar-refractivity contribution >= 4 is 35.1 Å². The number of hydrogen-bond donors (Lipinski definition) is 2. The van der Waals surface area contributed by atoms with Gasteiger partial charge in [-0.05, 0) is 24.0 Å². The SMILES string of the molecule is CC(C)(C)[C@H]1C(OCC(=O)Nc2cn3nc(Cl)ccc3n2)CCN1C(=O)O. The first-order chi connectivity index (χ1) is 12.6. The highest BCUT2D eigenvalue weighted by atomic mass is 35.5. The Morgan fingerprint density at radius 1 is 1.41 bits per heavy atom. The van der Waals surface area contributed by atoms with Gasteiger partial charge in [0.2, 0.25) is 0 Å². The third-order valence-electron chi connectivity index (χ3n) is 4.46. The minimum absolute atomic E-state index is 0.188. The number of carbonyl (C=O) groups is 2. The topological polar surface area (TPSA) is 109 Å². The van der Waals surface area contributed by atoms with Crippen molar-refractivity contribution in [3.05, 3.63) is 23.5 Å². The molecule has 1 aliphatic rings. The summed E-state index contributed by atoms with van der Waals surface area (Å²) in [6.45, 7) is 6.09. The Labute approximate surface area is 161 Å². The molecule has 0 bridgehead atoms. The van der Waals surface area contributed by atoms with Crippen molar-refractivity contribution in [3.8, 4) is 0 Å². The number of amides is 2. The average Bonchev–Trinajstić information content (AvgIpc) is 3.15. The molecule has 3 rings (SSSR count). The largest absolute Gasteiger partial charge is 0.465 e. The molecule has 10 heteroatoms. The molecule has 2 N–H and O–H groups in total. The number of rotatable bonds is 4. The van der Waals surface area contributed by atoms with Gasteiger partial charge in [0.15, 0.2) is 11.5 Å². The third-order valence-corrected chi connectivity index (χ3v) is 4.66. The second-order valence-electron chi connectivity index (χ2n) is 7.56. The molecular weight excluding hydrogens is 374 g/mol. The van der Waals surface area contributed by atoms with Gasteiger partial charge in [0.25, 0.3) is 5.91 Å². The van der Waals surface area contributed by atoms with Crippen molar-refractivity contribution in [2.45, 2.75) is 39.3 Å². The number of carboxylic acid groups (broad SMARTS) is 1. The molecular formula is C17H22ClN5O4. The molecule has 0 saturated carbocycles. The highest BCUT2D eigenvalue weighted by Gasteiger charge is 2.44. The number of carbonyl (C=O) groups excluding carboxylic acids is 1. The summed E-state index contributed by atoms with van der Waals surface area (Å²) >= 11 is 5.83. The predicted octanol–water partition coefficient (Wildman–Crippen LogP) is 2.50. The zero-order chi connectivity index (χ0) is 19.8. The van der Waals surface area contributed by atoms with Gasteiger partial charge in [0.1, 0.15) is 11.8 Å². The lowest BCUT2D eigenvalue weighted by atomic mass is 9.84. The van der Waals surface area contributed by atoms with Crippen LogP contribution in [0, 0.1) is 5.41 Å². The summed E-state index contributed by atoms with van der Waals surface area (Å²) in [4.78, 5) is 29.3. The van der Waals surface area contributed by atoms with Crippen LogP contribution in [0.3, 0.4) is 0 Å². The van der Waals surface area contributed by atoms with Crippen LogP contribution in [-0.2, 0) is 9.53 Å². The van der Waals surface area contributed by atoms with Gasteiger partial charge < -0.3 is 20.1 Å². The fraction of sp³-hybridized carbons (Fsp3) is 0.529. The maximum atomic E-state index is 12.2. The van der Waals surface area contributed by atoms with Gasteiger partial charge in [0.05, 0.1) is 18.3 Å². The lowest BCUT2D eigenvalue weighted by Crippen LogP contribution is -2.48. The second-order valence-corrected chi connectivity index (χ2v) is 7.95. The summed E-state index contributed by atoms with van der Waals surface area (Å²) in [6.07, 6.45) is 0.798. The van der Waals surface area contributed by atoms with Crippen LogP contribution in [0.25, 0.3) is 5.65 Å². The highest BCUT2D eigenvalue weighted by molar-refractivity contribution is 6.29. The first-order valence-corrected chi connectivity index (χ1v) is 8.96. The zero-order valence-corrected chi connectivity index (χ0v) is 16.1. The monoisotopic (exact) mass is 395 g/mol. The molecule has 9 nitrogen and oxygen atoms in total. The number of nitrogens with zero attached hydrogens (tertiary/aromatic N) is 4. The van der Waals surface area contributed by atoms with E-state index in [-0.39, 0.29) is 30.1 Å². The molecule has 2 aromatic heterocycles. The van der Waals surface area contributed by atoms with Crippen LogP contribution in [-0.4, -0.2) is 61.9 Å². The van der Waals surface area contributed by atoms with Crippen molar-refractivity contribution in [1.29, 1.82) is 0 Å². The number of likely N-dealkylation sites (tertiary alicyclic amines) is 1. The van der Waals surface area contributed by atoms with Crippen molar-refractivity contribution in [1.82, 2.24) is 19.5 Å². The molecule has 0 aliphatic carbocycles. The van der Waals surface area contributed by atoms with Crippen LogP contribution in [0.5, 0.6) is 0 Å². The highest BCUT2D eigenvalue weighted by Crippen LogP contribution is 2.34. The average molecular weight is 396 g/mol. The summed E-state index contributed by atoms with van der Waals surface area (Å²) in [7, 11) is 0. The van der Waals surface area contributed by atoms with E-state index in [9.17, 15) is 14.7 Å². The lowest BCUT2D eigenvalue weighted by Gasteiger charge is -2.36. The van der Waals surface area contributed by atoms with Gasteiger partial charge in [-0.25, -0.2) is 14.3 Å². The van der Waals surface area contributed by atoms with Gasteiger partial charge in [-0.3, -0.25) is 4.79 Å². The Balaban J connectivity index is 1.61. The van der Waals surface area contributed by atoms with E-state index in [4.69, 9.17) is 16.3 Å². The molecule has 0 spiro atoms. The van der Waals surface area contributed by atoms with Crippen molar-refractivity contribution in [2.24, 2.45) is 5.41 Å². The Bertz CT molecular complexity index is 863. The number of nitrogens with one attached hydrogen (secondary N) is 1. The maximum absolute atomic E-state index is 12.2. The van der Waals surface area contributed by atoms with Gasteiger partial charge >= 0.3 is 6.09 Å². The molecule has 1 aliphatic heterocycles. The van der Waals surface area contributed by atoms with Crippen LogP contribution in [0.4, 0.5) is 10.6 Å². The zero-order valence-electron chi connectivity index (χ0n) is 15.3. The standard InChI is InChI=1S/C17H22ClN5O4/c1-17(2,3)15-10(6-7-22(15)16(25)26)27-9-14(24)20-12-8-23-13(19-12)5-4-11(18)21-23/h4-5,8,10,15H,6-7,9H2,1-3H3,(H,20,24)(H,25,26)/t10?,15-/m1/s1. The summed E-state index contributed by atoms with van der Waals surface area (Å²) in [6, 6.07) is 2.98. The van der Waals surface area contributed by atoms with E-state index in [0.29, 0.717) is 29.6 Å². The van der Waals surface area contributed by atoms with Crippen LogP contribution >= 0.6 is 11.6 Å². The molecule has 2 aromatic rings. The van der Waals surface area contributed by atoms with Crippen molar-refractivity contribution in [2.75, 3.05) is 18.5 Å². The van der Waals surface area contributed by atoms with E-state index >= 15 is 0 Å². The first kappa shape index (κ1) is 19.4. The fourth-order valence-corrected chi connectivity index (χ4v) is 3.60. The number of anilines is 1. The molecule has 1 saturated heterocycles. The van der Waals surface area contributed by atoms with Gasteiger partial charge in [-0.2, -0.15) is 5.10 Å². The molecule has 2 amide bonds. The van der Waals surface area contributed by atoms with E-state index in [0.717, 1.165) is 0 Å². The predicted molar refractivity (Wildman–Crippen MR) is 99.0 cm³/mol. The number of fused-ring (bicyclic) bond motifs is 1. The Kier molecular flexibility index (Phi) is 5.25. The molecule has 0 radical (unpaired) electrons. The van der Waals surface area contributed by atoms with Gasteiger partial charge in [-0.1, -0.05) is 32.4 Å². The number of halogens is 1. The van der Waals surface area contributed by atoms with Crippen molar-refractivity contribution < 1.29 is 19.4 Å². The van der Waals surface area contributed by atoms with Gasteiger partial charge in [0, 0.05) is 6.54 Å². The number of imidazole rings is 1. The summed E-state index contributed by atoms with van der Waals surface area (Å²) in [5.74, 6) is -0.0322. The third kappa shape index (κ3) is 4.30. The summed E-state index contributed by atoms with van der Waals surface area (Å²) in [5, 5.41) is 16.4. The molecule has 0 aromatic carbocycles. The molecule has 1 fully saturated rings. The van der Waals surface area contributed by atoms with E-state index in [2.05, 4.69) is 15.4 Å². The van der Waals surface area contributed by atoms with Crippen LogP contribution in [0.15, 0.2) is 18.3 Å². The Morgan fingerprint density at radius 2 is 2.15 bits per heavy atom. The number of hydrogen-bond acceptors (Lipinski definition) is 5. The normalized spacial score (nSPS) is 20.2. The maximum Gasteiger partial charge on any atom is 0.407 e. The number of ether oxygens (including phenoxy) is 1. The van der Waals surface area contributed by atoms with Crippen molar-refractivity contribution in [3.63, 3.8) is 0 Å². The van der Waals surface area contributed by atoms with Crippen LogP contribution < -0.4 is 5.32 Å². The smallest absolute Gasteiger partial charge is 0.407 e. The second kappa shape index (κ2) is 7.32. The number of aromatic nitrogens is 3. The van der Waals surface area contributed by atoms with E-state index < -0.39 is 6.09 Å². The Hall–Kier alpha value is -2.39. The van der Waals surface area contributed by atoms with E-state index in [1.807, 2.05) is 20.8 Å². The van der Waals surface area contributed by atoms with Crippen LogP contribution in [0.2, 0.25) is 5.15 Å². The van der Waals surface area contributed by atoms with E-state index in [1.165, 1.54) is 9.42 Å². The fourth-order valence-electron chi connectivity index (χ4n) is 3.46. The summed E-state index contributed by atoms with van der Waals surface area (Å²) in [5.41, 5.74) is 0.249. The first-order valence-electron chi connectivity index (χ1n) is 8.58. The quantitative estimate of drug-likeness (QED) is 0.823. The molecule has 1 unspecified atom stereocenters. The summed E-state index contributed by atoms with van der Waals surface area (Å²) < 4.78 is 7.23. The molecule has 146 valence electrons. The lowest BCUT2D eigenvalue weighted by molar-refractivity contribution is -0.123. The Morgan fingerprint density at radius 3 is 2.81 bits per heavy atom. The molecule has 3 heterocycles. The minimum Gasteiger partial charge on any atom is -0.465 e. The van der Waals surface area contributed by atoms with E-state index in [1.54, 1.807) is 18.3 Å². The minimum atomic E-state index is -0.971.